The third kappa shape index (κ3) is 3.63. The summed E-state index contributed by atoms with van der Waals surface area (Å²) < 4.78 is 2.25. The summed E-state index contributed by atoms with van der Waals surface area (Å²) in [7, 11) is 0. The highest BCUT2D eigenvalue weighted by Crippen LogP contribution is 2.38. The first-order valence-electron chi connectivity index (χ1n) is 10.0. The van der Waals surface area contributed by atoms with Crippen molar-refractivity contribution >= 4 is 40.1 Å². The molecule has 0 saturated heterocycles. The predicted octanol–water partition coefficient (Wildman–Crippen LogP) is 5.53. The summed E-state index contributed by atoms with van der Waals surface area (Å²) in [6, 6.07) is 16.0. The van der Waals surface area contributed by atoms with Crippen molar-refractivity contribution in [1.82, 2.24) is 24.7 Å². The van der Waals surface area contributed by atoms with E-state index in [0.717, 1.165) is 40.3 Å². The number of nitrogens with two attached hydrogens (primary N) is 1. The number of hydrogen-bond donors (Lipinski definition) is 1. The van der Waals surface area contributed by atoms with E-state index in [0.29, 0.717) is 28.5 Å². The number of rotatable bonds is 5. The molecule has 1 fully saturated rings. The van der Waals surface area contributed by atoms with Crippen molar-refractivity contribution < 1.29 is 0 Å². The number of benzene rings is 2. The van der Waals surface area contributed by atoms with Crippen LogP contribution in [0.3, 0.4) is 0 Å². The van der Waals surface area contributed by atoms with Crippen molar-refractivity contribution in [3.63, 3.8) is 0 Å². The number of fused-ring (bicyclic) bond motifs is 1. The van der Waals surface area contributed by atoms with E-state index in [-0.39, 0.29) is 0 Å². The largest absolute Gasteiger partial charge is 0.383 e. The summed E-state index contributed by atoms with van der Waals surface area (Å²) in [6.45, 7) is 0. The molecule has 0 radical (unpaired) electrons. The van der Waals surface area contributed by atoms with Crippen molar-refractivity contribution in [2.24, 2.45) is 0 Å². The molecular weight excluding hydrogens is 416 g/mol. The number of halogens is 1. The van der Waals surface area contributed by atoms with Crippen LogP contribution in [0.1, 0.15) is 37.5 Å². The fourth-order valence-corrected chi connectivity index (χ4v) is 5.12. The van der Waals surface area contributed by atoms with Gasteiger partial charge in [0.1, 0.15) is 11.6 Å². The zero-order valence-corrected chi connectivity index (χ0v) is 17.9. The van der Waals surface area contributed by atoms with Crippen LogP contribution in [0.15, 0.2) is 53.7 Å². The number of anilines is 1. The molecule has 8 heteroatoms. The average Bonchev–Trinajstić information content (AvgIpc) is 3.42. The van der Waals surface area contributed by atoms with Crippen LogP contribution >= 0.6 is 23.4 Å². The second-order valence-electron chi connectivity index (χ2n) is 7.43. The Morgan fingerprint density at radius 2 is 1.77 bits per heavy atom. The lowest BCUT2D eigenvalue weighted by atomic mass is 10.2. The standard InChI is InChI=1S/C22H21ClN6S/c23-17-11-5-3-9-15(17)21-27-28-22(29(21)14-7-1-2-8-14)30-13-19-25-18-12-6-4-10-16(18)20(24)26-19/h3-6,9-12,14H,1-2,7-8,13H2,(H2,24,25,26). The molecule has 4 aromatic rings. The van der Waals surface area contributed by atoms with Crippen LogP contribution in [0.2, 0.25) is 5.02 Å². The molecule has 1 saturated carbocycles. The molecule has 0 bridgehead atoms. The van der Waals surface area contributed by atoms with Crippen molar-refractivity contribution in [1.29, 1.82) is 0 Å². The van der Waals surface area contributed by atoms with Crippen LogP contribution < -0.4 is 5.73 Å². The Morgan fingerprint density at radius 1 is 1.00 bits per heavy atom. The molecule has 5 rings (SSSR count). The number of para-hydroxylation sites is 1. The highest BCUT2D eigenvalue weighted by molar-refractivity contribution is 7.98. The Morgan fingerprint density at radius 3 is 2.60 bits per heavy atom. The minimum atomic E-state index is 0.386. The second kappa shape index (κ2) is 8.24. The lowest BCUT2D eigenvalue weighted by molar-refractivity contribution is 0.485. The summed E-state index contributed by atoms with van der Waals surface area (Å²) >= 11 is 8.06. The minimum Gasteiger partial charge on any atom is -0.383 e. The summed E-state index contributed by atoms with van der Waals surface area (Å²) in [6.07, 6.45) is 4.70. The number of nitrogens with zero attached hydrogens (tertiary/aromatic N) is 5. The van der Waals surface area contributed by atoms with E-state index < -0.39 is 0 Å². The van der Waals surface area contributed by atoms with Crippen molar-refractivity contribution in [3.05, 3.63) is 59.4 Å². The van der Waals surface area contributed by atoms with Gasteiger partial charge in [-0.1, -0.05) is 60.5 Å². The Kier molecular flexibility index (Phi) is 5.31. The van der Waals surface area contributed by atoms with Gasteiger partial charge in [0.05, 0.1) is 16.3 Å². The van der Waals surface area contributed by atoms with E-state index in [9.17, 15) is 0 Å². The van der Waals surface area contributed by atoms with E-state index in [4.69, 9.17) is 17.3 Å². The van der Waals surface area contributed by atoms with Gasteiger partial charge in [0.15, 0.2) is 11.0 Å². The molecule has 152 valence electrons. The van der Waals surface area contributed by atoms with E-state index in [1.165, 1.54) is 12.8 Å². The van der Waals surface area contributed by atoms with E-state index in [1.807, 2.05) is 48.5 Å². The molecular formula is C22H21ClN6S. The second-order valence-corrected chi connectivity index (χ2v) is 8.77. The van der Waals surface area contributed by atoms with Gasteiger partial charge in [-0.25, -0.2) is 9.97 Å². The molecule has 2 aromatic heterocycles. The van der Waals surface area contributed by atoms with Gasteiger partial charge >= 0.3 is 0 Å². The quantitative estimate of drug-likeness (QED) is 0.414. The van der Waals surface area contributed by atoms with Crippen LogP contribution in [0, 0.1) is 0 Å². The summed E-state index contributed by atoms with van der Waals surface area (Å²) in [5, 5.41) is 11.5. The van der Waals surface area contributed by atoms with E-state index in [1.54, 1.807) is 11.8 Å². The molecule has 0 aliphatic heterocycles. The zero-order chi connectivity index (χ0) is 20.5. The van der Waals surface area contributed by atoms with Gasteiger partial charge in [-0.2, -0.15) is 0 Å². The molecule has 30 heavy (non-hydrogen) atoms. The Balaban J connectivity index is 1.48. The average molecular weight is 437 g/mol. The molecule has 0 atom stereocenters. The maximum absolute atomic E-state index is 6.47. The zero-order valence-electron chi connectivity index (χ0n) is 16.3. The highest BCUT2D eigenvalue weighted by Gasteiger charge is 2.26. The molecule has 0 unspecified atom stereocenters. The topological polar surface area (TPSA) is 82.5 Å². The van der Waals surface area contributed by atoms with Crippen molar-refractivity contribution in [3.8, 4) is 11.4 Å². The fraction of sp³-hybridized carbons (Fsp3) is 0.273. The van der Waals surface area contributed by atoms with Gasteiger partial charge in [0, 0.05) is 17.0 Å². The number of thioether (sulfide) groups is 1. The Bertz CT molecular complexity index is 1200. The molecule has 0 amide bonds. The first-order valence-corrected chi connectivity index (χ1v) is 11.4. The van der Waals surface area contributed by atoms with Crippen LogP contribution in [0.25, 0.3) is 22.3 Å². The van der Waals surface area contributed by atoms with Crippen LogP contribution in [-0.2, 0) is 5.75 Å². The van der Waals surface area contributed by atoms with Crippen LogP contribution in [0.5, 0.6) is 0 Å². The summed E-state index contributed by atoms with van der Waals surface area (Å²) in [5.41, 5.74) is 7.91. The highest BCUT2D eigenvalue weighted by atomic mass is 35.5. The van der Waals surface area contributed by atoms with Crippen molar-refractivity contribution in [2.75, 3.05) is 5.73 Å². The number of aromatic nitrogens is 5. The predicted molar refractivity (Wildman–Crippen MR) is 121 cm³/mol. The van der Waals surface area contributed by atoms with Crippen LogP contribution in [0.4, 0.5) is 5.82 Å². The van der Waals surface area contributed by atoms with Gasteiger partial charge in [0.25, 0.3) is 0 Å². The lowest BCUT2D eigenvalue weighted by Crippen LogP contribution is -2.09. The van der Waals surface area contributed by atoms with Crippen LogP contribution in [-0.4, -0.2) is 24.7 Å². The summed E-state index contributed by atoms with van der Waals surface area (Å²) in [5.74, 6) is 2.60. The lowest BCUT2D eigenvalue weighted by Gasteiger charge is -2.17. The van der Waals surface area contributed by atoms with Crippen molar-refractivity contribution in [2.45, 2.75) is 42.6 Å². The van der Waals surface area contributed by atoms with E-state index in [2.05, 4.69) is 24.7 Å². The fourth-order valence-electron chi connectivity index (χ4n) is 4.04. The maximum atomic E-state index is 6.47. The normalized spacial score (nSPS) is 14.6. The smallest absolute Gasteiger partial charge is 0.192 e. The third-order valence-electron chi connectivity index (χ3n) is 5.48. The third-order valence-corrected chi connectivity index (χ3v) is 6.75. The Hall–Kier alpha value is -2.64. The van der Waals surface area contributed by atoms with Gasteiger partial charge < -0.3 is 5.73 Å². The molecule has 1 aliphatic rings. The molecule has 6 nitrogen and oxygen atoms in total. The van der Waals surface area contributed by atoms with Gasteiger partial charge in [-0.15, -0.1) is 10.2 Å². The SMILES string of the molecule is Nc1nc(CSc2nnc(-c3ccccc3Cl)n2C2CCCC2)nc2ccccc12. The first-order chi connectivity index (χ1) is 14.7. The first kappa shape index (κ1) is 19.3. The summed E-state index contributed by atoms with van der Waals surface area (Å²) in [4.78, 5) is 9.16. The molecule has 0 spiro atoms. The molecule has 2 heterocycles. The number of hydrogen-bond acceptors (Lipinski definition) is 6. The van der Waals surface area contributed by atoms with Gasteiger partial charge in [0.2, 0.25) is 0 Å². The van der Waals surface area contributed by atoms with E-state index >= 15 is 0 Å². The Labute approximate surface area is 183 Å². The maximum Gasteiger partial charge on any atom is 0.192 e. The molecule has 2 N–H and O–H groups in total. The molecule has 2 aromatic carbocycles. The monoisotopic (exact) mass is 436 g/mol. The minimum absolute atomic E-state index is 0.386. The molecule has 1 aliphatic carbocycles. The number of nitrogen functional groups attached to an aromatic ring is 1. The van der Waals surface area contributed by atoms with Gasteiger partial charge in [-0.05, 0) is 37.1 Å². The van der Waals surface area contributed by atoms with Gasteiger partial charge in [-0.3, -0.25) is 4.57 Å².